The summed E-state index contributed by atoms with van der Waals surface area (Å²) in [5.74, 6) is -1.01. The smallest absolute Gasteiger partial charge is 0.273 e. The molecule has 4 atom stereocenters. The maximum atomic E-state index is 13.0. The van der Waals surface area contributed by atoms with E-state index in [0.717, 1.165) is 54.1 Å². The van der Waals surface area contributed by atoms with E-state index in [-0.39, 0.29) is 35.2 Å². The molecule has 5 nitrogen and oxygen atoms in total. The molecule has 138 valence electrons. The van der Waals surface area contributed by atoms with E-state index in [1.165, 1.54) is 0 Å². The number of ketones is 2. The molecule has 1 aromatic carbocycles. The second-order valence-electron chi connectivity index (χ2n) is 7.32. The van der Waals surface area contributed by atoms with Gasteiger partial charge in [-0.2, -0.15) is 0 Å². The van der Waals surface area contributed by atoms with Gasteiger partial charge in [0.1, 0.15) is 0 Å². The van der Waals surface area contributed by atoms with Gasteiger partial charge in [0, 0.05) is 11.8 Å². The van der Waals surface area contributed by atoms with Crippen LogP contribution in [0.3, 0.4) is 0 Å². The molecule has 4 unspecified atom stereocenters. The molecule has 0 spiro atoms. The van der Waals surface area contributed by atoms with E-state index < -0.39 is 10.5 Å². The predicted octanol–water partition coefficient (Wildman–Crippen LogP) is 2.95. The number of benzene rings is 1. The second-order valence-corrected chi connectivity index (χ2v) is 9.62. The van der Waals surface area contributed by atoms with Crippen LogP contribution in [0.5, 0.6) is 0 Å². The first-order chi connectivity index (χ1) is 13.1. The number of thioether (sulfide) groups is 2. The molecule has 0 saturated heterocycles. The summed E-state index contributed by atoms with van der Waals surface area (Å²) in [5.41, 5.74) is 0.511. The number of fused-ring (bicyclic) bond motifs is 2. The van der Waals surface area contributed by atoms with Crippen molar-refractivity contribution in [1.82, 2.24) is 0 Å². The van der Waals surface area contributed by atoms with Gasteiger partial charge in [0.25, 0.3) is 11.8 Å². The number of amides is 2. The number of rotatable bonds is 1. The number of carbonyl (C=O) groups excluding carboxylic acids is 4. The van der Waals surface area contributed by atoms with Gasteiger partial charge in [-0.25, -0.2) is 4.90 Å². The van der Waals surface area contributed by atoms with Crippen LogP contribution in [0, 0.1) is 11.8 Å². The molecular weight excluding hydrogens is 382 g/mol. The third kappa shape index (κ3) is 2.48. The van der Waals surface area contributed by atoms with Crippen LogP contribution in [-0.2, 0) is 19.2 Å². The van der Waals surface area contributed by atoms with Crippen LogP contribution in [0.25, 0.3) is 0 Å². The van der Waals surface area contributed by atoms with Crippen molar-refractivity contribution in [3.8, 4) is 0 Å². The van der Waals surface area contributed by atoms with Crippen molar-refractivity contribution >= 4 is 52.6 Å². The van der Waals surface area contributed by atoms with Crippen LogP contribution in [0.4, 0.5) is 5.69 Å². The van der Waals surface area contributed by atoms with E-state index in [1.54, 1.807) is 24.3 Å². The SMILES string of the molecule is O=C1C2CCCCC2C(=O)C2SC3=C(SC12)C(=O)N(c1ccccc1)C3=O. The maximum absolute atomic E-state index is 13.0. The molecule has 0 bridgehead atoms. The minimum Gasteiger partial charge on any atom is -0.298 e. The Labute approximate surface area is 164 Å². The molecular formula is C20H17NO4S2. The Morgan fingerprint density at radius 2 is 1.22 bits per heavy atom. The van der Waals surface area contributed by atoms with Crippen molar-refractivity contribution in [2.75, 3.05) is 4.90 Å². The van der Waals surface area contributed by atoms with Crippen molar-refractivity contribution in [2.24, 2.45) is 11.8 Å². The number of hydrogen-bond donors (Lipinski definition) is 0. The fourth-order valence-corrected chi connectivity index (χ4v) is 7.54. The lowest BCUT2D eigenvalue weighted by molar-refractivity contribution is -0.138. The Hall–Kier alpha value is -1.86. The van der Waals surface area contributed by atoms with Crippen LogP contribution < -0.4 is 4.90 Å². The highest BCUT2D eigenvalue weighted by Crippen LogP contribution is 2.53. The average molecular weight is 399 g/mol. The average Bonchev–Trinajstić information content (AvgIpc) is 2.95. The number of imide groups is 1. The summed E-state index contributed by atoms with van der Waals surface area (Å²) in [7, 11) is 0. The molecule has 2 aliphatic heterocycles. The molecule has 0 N–H and O–H groups in total. The van der Waals surface area contributed by atoms with Crippen LogP contribution in [0.1, 0.15) is 25.7 Å². The minimum absolute atomic E-state index is 0.0896. The Bertz CT molecular complexity index is 856. The molecule has 0 aromatic heterocycles. The maximum Gasteiger partial charge on any atom is 0.273 e. The number of nitrogens with zero attached hydrogens (tertiary/aromatic N) is 1. The molecule has 27 heavy (non-hydrogen) atoms. The molecule has 7 heteroatoms. The van der Waals surface area contributed by atoms with Crippen LogP contribution >= 0.6 is 23.5 Å². The first kappa shape index (κ1) is 17.3. The second kappa shape index (κ2) is 6.34. The molecule has 1 aromatic rings. The Balaban J connectivity index is 1.50. The van der Waals surface area contributed by atoms with Gasteiger partial charge in [0.2, 0.25) is 0 Å². The van der Waals surface area contributed by atoms with Gasteiger partial charge in [-0.1, -0.05) is 31.0 Å². The van der Waals surface area contributed by atoms with E-state index in [1.807, 2.05) is 6.07 Å². The summed E-state index contributed by atoms with van der Waals surface area (Å²) in [4.78, 5) is 53.7. The van der Waals surface area contributed by atoms with E-state index in [0.29, 0.717) is 15.5 Å². The molecule has 2 heterocycles. The lowest BCUT2D eigenvalue weighted by atomic mass is 9.69. The minimum atomic E-state index is -0.548. The number of para-hydroxylation sites is 1. The van der Waals surface area contributed by atoms with E-state index in [9.17, 15) is 19.2 Å². The van der Waals surface area contributed by atoms with Crippen molar-refractivity contribution in [3.05, 3.63) is 40.1 Å². The molecule has 0 radical (unpaired) electrons. The van der Waals surface area contributed by atoms with Gasteiger partial charge >= 0.3 is 0 Å². The topological polar surface area (TPSA) is 71.5 Å². The van der Waals surface area contributed by atoms with Crippen molar-refractivity contribution in [3.63, 3.8) is 0 Å². The Kier molecular flexibility index (Phi) is 4.05. The lowest BCUT2D eigenvalue weighted by Gasteiger charge is -2.42. The summed E-state index contributed by atoms with van der Waals surface area (Å²) in [6, 6.07) is 8.78. The van der Waals surface area contributed by atoms with Gasteiger partial charge in [0.15, 0.2) is 11.6 Å². The third-order valence-corrected chi connectivity index (χ3v) is 8.88. The van der Waals surface area contributed by atoms with E-state index in [4.69, 9.17) is 0 Å². The highest BCUT2D eigenvalue weighted by atomic mass is 32.2. The molecule has 5 rings (SSSR count). The summed E-state index contributed by atoms with van der Waals surface area (Å²) >= 11 is 2.28. The standard InChI is InChI=1S/C20H17NO4S2/c22-13-11-8-4-5-9-12(11)14(23)16-15(13)26-17-18(27-16)20(25)21(19(17)24)10-6-2-1-3-7-10/h1-3,6-7,11-12,15-16H,4-5,8-9H2. The molecule has 4 aliphatic rings. The summed E-state index contributed by atoms with van der Waals surface area (Å²) < 4.78 is 0. The van der Waals surface area contributed by atoms with E-state index >= 15 is 0 Å². The number of anilines is 1. The van der Waals surface area contributed by atoms with Crippen LogP contribution in [0.2, 0.25) is 0 Å². The number of hydrogen-bond acceptors (Lipinski definition) is 6. The van der Waals surface area contributed by atoms with E-state index in [2.05, 4.69) is 0 Å². The largest absolute Gasteiger partial charge is 0.298 e. The fourth-order valence-electron chi connectivity index (χ4n) is 4.54. The summed E-state index contributed by atoms with van der Waals surface area (Å²) in [5, 5.41) is -1.10. The monoisotopic (exact) mass is 399 g/mol. The highest BCUT2D eigenvalue weighted by Gasteiger charge is 2.56. The quantitative estimate of drug-likeness (QED) is 0.676. The van der Waals surface area contributed by atoms with Crippen LogP contribution in [-0.4, -0.2) is 33.9 Å². The summed E-state index contributed by atoms with van der Waals surface area (Å²) in [6.45, 7) is 0. The zero-order chi connectivity index (χ0) is 18.7. The molecule has 2 fully saturated rings. The first-order valence-electron chi connectivity index (χ1n) is 9.17. The Morgan fingerprint density at radius 1 is 0.741 bits per heavy atom. The fraction of sp³-hybridized carbons (Fsp3) is 0.400. The van der Waals surface area contributed by atoms with Crippen molar-refractivity contribution in [1.29, 1.82) is 0 Å². The zero-order valence-electron chi connectivity index (χ0n) is 14.4. The van der Waals surface area contributed by atoms with Gasteiger partial charge in [-0.15, -0.1) is 23.5 Å². The Morgan fingerprint density at radius 3 is 1.70 bits per heavy atom. The summed E-state index contributed by atoms with van der Waals surface area (Å²) in [6.07, 6.45) is 3.47. The van der Waals surface area contributed by atoms with Crippen LogP contribution in [0.15, 0.2) is 40.1 Å². The molecule has 2 saturated carbocycles. The van der Waals surface area contributed by atoms with Gasteiger partial charge in [-0.3, -0.25) is 19.2 Å². The predicted molar refractivity (Wildman–Crippen MR) is 104 cm³/mol. The number of Topliss-reactive ketones (excluding diaryl/α,β-unsaturated/α-hetero) is 2. The van der Waals surface area contributed by atoms with Gasteiger partial charge in [-0.05, 0) is 25.0 Å². The van der Waals surface area contributed by atoms with Crippen molar-refractivity contribution < 1.29 is 19.2 Å². The van der Waals surface area contributed by atoms with Gasteiger partial charge in [0.05, 0.1) is 26.0 Å². The van der Waals surface area contributed by atoms with Crippen molar-refractivity contribution in [2.45, 2.75) is 36.2 Å². The lowest BCUT2D eigenvalue weighted by Crippen LogP contribution is -2.53. The highest BCUT2D eigenvalue weighted by molar-refractivity contribution is 8.13. The zero-order valence-corrected chi connectivity index (χ0v) is 16.1. The molecule has 2 aliphatic carbocycles. The first-order valence-corrected chi connectivity index (χ1v) is 10.9. The molecule has 2 amide bonds. The van der Waals surface area contributed by atoms with Gasteiger partial charge < -0.3 is 0 Å². The number of carbonyl (C=O) groups is 4. The third-order valence-electron chi connectivity index (χ3n) is 5.84. The normalized spacial score (nSPS) is 33.1.